The normalized spacial score (nSPS) is 12.7. The third-order valence-electron chi connectivity index (χ3n) is 2.89. The first-order valence-corrected chi connectivity index (χ1v) is 5.92. The van der Waals surface area contributed by atoms with Gasteiger partial charge in [-0.2, -0.15) is 5.10 Å². The van der Waals surface area contributed by atoms with Crippen LogP contribution in [0, 0.1) is 0 Å². The molecule has 0 amide bonds. The molecular formula is C12H14N6. The van der Waals surface area contributed by atoms with Crippen molar-refractivity contribution in [1.82, 2.24) is 24.6 Å². The Morgan fingerprint density at radius 3 is 3.06 bits per heavy atom. The first-order valence-electron chi connectivity index (χ1n) is 5.92. The highest BCUT2D eigenvalue weighted by Gasteiger charge is 2.13. The molecular weight excluding hydrogens is 228 g/mol. The van der Waals surface area contributed by atoms with Gasteiger partial charge in [0.2, 0.25) is 0 Å². The second kappa shape index (κ2) is 4.48. The SMILES string of the molecule is CCC(Nc1nccn2nccc12)c1ncc[nH]1. The van der Waals surface area contributed by atoms with Crippen LogP contribution in [0.2, 0.25) is 0 Å². The van der Waals surface area contributed by atoms with Gasteiger partial charge in [0.1, 0.15) is 11.3 Å². The number of hydrogen-bond donors (Lipinski definition) is 2. The van der Waals surface area contributed by atoms with Crippen LogP contribution >= 0.6 is 0 Å². The molecule has 0 bridgehead atoms. The van der Waals surface area contributed by atoms with Gasteiger partial charge in [-0.3, -0.25) is 0 Å². The molecule has 0 aromatic carbocycles. The zero-order valence-electron chi connectivity index (χ0n) is 10.0. The lowest BCUT2D eigenvalue weighted by molar-refractivity contribution is 0.700. The van der Waals surface area contributed by atoms with Gasteiger partial charge in [0, 0.05) is 24.8 Å². The van der Waals surface area contributed by atoms with Crippen LogP contribution in [0.1, 0.15) is 25.2 Å². The van der Waals surface area contributed by atoms with Crippen molar-refractivity contribution in [3.8, 4) is 0 Å². The largest absolute Gasteiger partial charge is 0.358 e. The molecule has 0 radical (unpaired) electrons. The number of H-pyrrole nitrogens is 1. The van der Waals surface area contributed by atoms with Gasteiger partial charge in [0.05, 0.1) is 12.2 Å². The predicted molar refractivity (Wildman–Crippen MR) is 68.2 cm³/mol. The zero-order chi connectivity index (χ0) is 12.4. The van der Waals surface area contributed by atoms with Crippen molar-refractivity contribution in [3.05, 3.63) is 42.9 Å². The van der Waals surface area contributed by atoms with Gasteiger partial charge in [-0.05, 0) is 12.5 Å². The Kier molecular flexibility index (Phi) is 2.68. The highest BCUT2D eigenvalue weighted by Crippen LogP contribution is 2.21. The van der Waals surface area contributed by atoms with E-state index in [4.69, 9.17) is 0 Å². The number of aromatic amines is 1. The van der Waals surface area contributed by atoms with Crippen LogP contribution < -0.4 is 5.32 Å². The molecule has 3 aromatic heterocycles. The number of nitrogens with one attached hydrogen (secondary N) is 2. The lowest BCUT2D eigenvalue weighted by Crippen LogP contribution is -2.13. The average molecular weight is 242 g/mol. The average Bonchev–Trinajstić information content (AvgIpc) is 3.06. The Labute approximate surface area is 104 Å². The van der Waals surface area contributed by atoms with Gasteiger partial charge in [-0.25, -0.2) is 14.5 Å². The van der Waals surface area contributed by atoms with E-state index < -0.39 is 0 Å². The molecule has 3 rings (SSSR count). The fraction of sp³-hybridized carbons (Fsp3) is 0.250. The first-order chi connectivity index (χ1) is 8.88. The maximum absolute atomic E-state index is 4.36. The molecule has 3 aromatic rings. The Morgan fingerprint density at radius 1 is 1.33 bits per heavy atom. The quantitative estimate of drug-likeness (QED) is 0.734. The molecule has 2 N–H and O–H groups in total. The Balaban J connectivity index is 1.93. The second-order valence-electron chi connectivity index (χ2n) is 4.02. The highest BCUT2D eigenvalue weighted by atomic mass is 15.2. The van der Waals surface area contributed by atoms with E-state index >= 15 is 0 Å². The zero-order valence-corrected chi connectivity index (χ0v) is 10.0. The highest BCUT2D eigenvalue weighted by molar-refractivity contribution is 5.67. The van der Waals surface area contributed by atoms with E-state index in [1.54, 1.807) is 23.1 Å². The molecule has 18 heavy (non-hydrogen) atoms. The maximum atomic E-state index is 4.36. The number of fused-ring (bicyclic) bond motifs is 1. The van der Waals surface area contributed by atoms with E-state index in [2.05, 4.69) is 32.3 Å². The lowest BCUT2D eigenvalue weighted by Gasteiger charge is -2.15. The van der Waals surface area contributed by atoms with Crippen LogP contribution in [0.25, 0.3) is 5.52 Å². The molecule has 1 unspecified atom stereocenters. The summed E-state index contributed by atoms with van der Waals surface area (Å²) in [7, 11) is 0. The van der Waals surface area contributed by atoms with Crippen LogP contribution in [-0.4, -0.2) is 24.6 Å². The minimum atomic E-state index is 0.119. The summed E-state index contributed by atoms with van der Waals surface area (Å²) in [5.74, 6) is 1.74. The summed E-state index contributed by atoms with van der Waals surface area (Å²) in [6.07, 6.45) is 9.82. The van der Waals surface area contributed by atoms with E-state index in [1.807, 2.05) is 18.5 Å². The fourth-order valence-corrected chi connectivity index (χ4v) is 1.97. The maximum Gasteiger partial charge on any atom is 0.152 e. The van der Waals surface area contributed by atoms with Crippen molar-refractivity contribution < 1.29 is 0 Å². The van der Waals surface area contributed by atoms with Crippen LogP contribution in [0.3, 0.4) is 0 Å². The van der Waals surface area contributed by atoms with E-state index in [-0.39, 0.29) is 6.04 Å². The van der Waals surface area contributed by atoms with E-state index in [1.165, 1.54) is 0 Å². The topological polar surface area (TPSA) is 70.9 Å². The molecule has 3 heterocycles. The Hall–Kier alpha value is -2.37. The number of rotatable bonds is 4. The molecule has 6 heteroatoms. The molecule has 6 nitrogen and oxygen atoms in total. The molecule has 0 aliphatic carbocycles. The Morgan fingerprint density at radius 2 is 2.28 bits per heavy atom. The number of aromatic nitrogens is 5. The number of imidazole rings is 1. The van der Waals surface area contributed by atoms with Crippen molar-refractivity contribution in [2.24, 2.45) is 0 Å². The summed E-state index contributed by atoms with van der Waals surface area (Å²) >= 11 is 0. The molecule has 1 atom stereocenters. The molecule has 0 aliphatic rings. The number of nitrogens with zero attached hydrogens (tertiary/aromatic N) is 4. The van der Waals surface area contributed by atoms with E-state index in [0.717, 1.165) is 23.6 Å². The Bertz CT molecular complexity index is 627. The van der Waals surface area contributed by atoms with Gasteiger partial charge in [-0.15, -0.1) is 0 Å². The van der Waals surface area contributed by atoms with Crippen molar-refractivity contribution in [1.29, 1.82) is 0 Å². The standard InChI is InChI=1S/C12H14N6/c1-2-9(11-13-5-6-14-11)17-12-10-3-4-16-18(10)8-7-15-12/h3-9H,2H2,1H3,(H,13,14)(H,15,17). The summed E-state index contributed by atoms with van der Waals surface area (Å²) in [6.45, 7) is 2.11. The van der Waals surface area contributed by atoms with Crippen LogP contribution in [0.5, 0.6) is 0 Å². The third-order valence-corrected chi connectivity index (χ3v) is 2.89. The summed E-state index contributed by atoms with van der Waals surface area (Å²) in [5, 5.41) is 7.58. The van der Waals surface area contributed by atoms with Crippen LogP contribution in [-0.2, 0) is 0 Å². The minimum absolute atomic E-state index is 0.119. The smallest absolute Gasteiger partial charge is 0.152 e. The van der Waals surface area contributed by atoms with Crippen molar-refractivity contribution in [2.45, 2.75) is 19.4 Å². The summed E-state index contributed by atoms with van der Waals surface area (Å²) in [5.41, 5.74) is 0.961. The lowest BCUT2D eigenvalue weighted by atomic mass is 10.2. The minimum Gasteiger partial charge on any atom is -0.358 e. The first kappa shape index (κ1) is 10.8. The van der Waals surface area contributed by atoms with Gasteiger partial charge in [0.25, 0.3) is 0 Å². The molecule has 0 saturated carbocycles. The van der Waals surface area contributed by atoms with Gasteiger partial charge < -0.3 is 10.3 Å². The summed E-state index contributed by atoms with van der Waals surface area (Å²) < 4.78 is 1.80. The van der Waals surface area contributed by atoms with Crippen molar-refractivity contribution >= 4 is 11.3 Å². The van der Waals surface area contributed by atoms with Crippen molar-refractivity contribution in [2.75, 3.05) is 5.32 Å². The number of hydrogen-bond acceptors (Lipinski definition) is 4. The molecule has 0 saturated heterocycles. The molecule has 0 spiro atoms. The number of anilines is 1. The molecule has 0 aliphatic heterocycles. The van der Waals surface area contributed by atoms with Crippen molar-refractivity contribution in [3.63, 3.8) is 0 Å². The van der Waals surface area contributed by atoms with Gasteiger partial charge in [0.15, 0.2) is 5.82 Å². The van der Waals surface area contributed by atoms with Crippen LogP contribution in [0.4, 0.5) is 5.82 Å². The predicted octanol–water partition coefficient (Wildman–Crippen LogP) is 2.02. The molecule has 92 valence electrons. The van der Waals surface area contributed by atoms with E-state index in [9.17, 15) is 0 Å². The van der Waals surface area contributed by atoms with Gasteiger partial charge in [-0.1, -0.05) is 6.92 Å². The van der Waals surface area contributed by atoms with Gasteiger partial charge >= 0.3 is 0 Å². The third kappa shape index (κ3) is 1.81. The molecule has 0 fully saturated rings. The second-order valence-corrected chi connectivity index (χ2v) is 4.02. The summed E-state index contributed by atoms with van der Waals surface area (Å²) in [6, 6.07) is 2.05. The fourth-order valence-electron chi connectivity index (χ4n) is 1.97. The monoisotopic (exact) mass is 242 g/mol. The summed E-state index contributed by atoms with van der Waals surface area (Å²) in [4.78, 5) is 11.8. The van der Waals surface area contributed by atoms with E-state index in [0.29, 0.717) is 0 Å². The van der Waals surface area contributed by atoms with Crippen LogP contribution in [0.15, 0.2) is 37.1 Å².